The lowest BCUT2D eigenvalue weighted by atomic mass is 10.0. The number of benzene rings is 1. The van der Waals surface area contributed by atoms with Crippen molar-refractivity contribution in [2.75, 3.05) is 18.1 Å². The third-order valence-electron chi connectivity index (χ3n) is 3.25. The predicted molar refractivity (Wildman–Crippen MR) is 76.5 cm³/mol. The van der Waals surface area contributed by atoms with E-state index in [1.54, 1.807) is 11.8 Å². The van der Waals surface area contributed by atoms with Crippen molar-refractivity contribution in [1.29, 1.82) is 0 Å². The summed E-state index contributed by atoms with van der Waals surface area (Å²) in [5, 5.41) is 0. The lowest BCUT2D eigenvalue weighted by molar-refractivity contribution is 0.102. The number of carbonyl (C=O) groups excluding carboxylic acids is 1. The molecule has 2 rings (SSSR count). The molecule has 0 aliphatic carbocycles. The standard InChI is InChI=1S/C15H20O2S/c1-11-5-6-12(2)14(8-11)15(16)10-18-9-13-4-3-7-17-13/h5-6,8,13H,3-4,7,9-10H2,1-2H3. The minimum atomic E-state index is 0.235. The largest absolute Gasteiger partial charge is 0.377 e. The molecule has 1 saturated heterocycles. The Kier molecular flexibility index (Phi) is 4.84. The van der Waals surface area contributed by atoms with Crippen molar-refractivity contribution in [1.82, 2.24) is 0 Å². The number of Topliss-reactive ketones (excluding diaryl/α,β-unsaturated/α-hetero) is 1. The molecule has 0 spiro atoms. The number of rotatable bonds is 5. The van der Waals surface area contributed by atoms with E-state index in [2.05, 4.69) is 0 Å². The van der Waals surface area contributed by atoms with Gasteiger partial charge >= 0.3 is 0 Å². The van der Waals surface area contributed by atoms with Gasteiger partial charge in [0.1, 0.15) is 0 Å². The number of ketones is 1. The lowest BCUT2D eigenvalue weighted by Crippen LogP contribution is -2.11. The van der Waals surface area contributed by atoms with Gasteiger partial charge in [-0.05, 0) is 38.3 Å². The second-order valence-electron chi connectivity index (χ2n) is 4.89. The van der Waals surface area contributed by atoms with Gasteiger partial charge in [-0.2, -0.15) is 11.8 Å². The quantitative estimate of drug-likeness (QED) is 0.762. The summed E-state index contributed by atoms with van der Waals surface area (Å²) in [6, 6.07) is 6.06. The number of hydrogen-bond acceptors (Lipinski definition) is 3. The summed E-state index contributed by atoms with van der Waals surface area (Å²) in [4.78, 5) is 12.1. The number of hydrogen-bond donors (Lipinski definition) is 0. The monoisotopic (exact) mass is 264 g/mol. The zero-order valence-electron chi connectivity index (χ0n) is 11.1. The van der Waals surface area contributed by atoms with E-state index in [0.717, 1.165) is 41.9 Å². The number of carbonyl (C=O) groups is 1. The van der Waals surface area contributed by atoms with E-state index in [4.69, 9.17) is 4.74 Å². The Morgan fingerprint density at radius 3 is 3.00 bits per heavy atom. The molecule has 0 amide bonds. The summed E-state index contributed by atoms with van der Waals surface area (Å²) in [6.45, 7) is 4.91. The molecule has 3 heteroatoms. The van der Waals surface area contributed by atoms with Crippen molar-refractivity contribution in [3.63, 3.8) is 0 Å². The smallest absolute Gasteiger partial charge is 0.172 e. The molecule has 1 aromatic rings. The highest BCUT2D eigenvalue weighted by atomic mass is 32.2. The fraction of sp³-hybridized carbons (Fsp3) is 0.533. The maximum atomic E-state index is 12.1. The SMILES string of the molecule is Cc1ccc(C)c(C(=O)CSCC2CCCO2)c1. The van der Waals surface area contributed by atoms with Crippen LogP contribution in [0.15, 0.2) is 18.2 Å². The van der Waals surface area contributed by atoms with Gasteiger partial charge in [0.15, 0.2) is 5.78 Å². The minimum absolute atomic E-state index is 0.235. The molecule has 0 bridgehead atoms. The van der Waals surface area contributed by atoms with Crippen LogP contribution in [0.5, 0.6) is 0 Å². The first-order valence-corrected chi connectivity index (χ1v) is 7.62. The van der Waals surface area contributed by atoms with Crippen molar-refractivity contribution in [3.8, 4) is 0 Å². The molecule has 0 aromatic heterocycles. The van der Waals surface area contributed by atoms with Crippen LogP contribution in [0.1, 0.15) is 34.3 Å². The Labute approximate surface area is 113 Å². The molecule has 1 unspecified atom stereocenters. The van der Waals surface area contributed by atoms with Gasteiger partial charge in [0.25, 0.3) is 0 Å². The van der Waals surface area contributed by atoms with Crippen LogP contribution < -0.4 is 0 Å². The second-order valence-corrected chi connectivity index (χ2v) is 5.92. The van der Waals surface area contributed by atoms with Crippen LogP contribution in [0.4, 0.5) is 0 Å². The van der Waals surface area contributed by atoms with Gasteiger partial charge < -0.3 is 4.74 Å². The average molecular weight is 264 g/mol. The molecule has 1 aliphatic rings. The fourth-order valence-electron chi connectivity index (χ4n) is 2.17. The summed E-state index contributed by atoms with van der Waals surface area (Å²) >= 11 is 1.69. The molecule has 18 heavy (non-hydrogen) atoms. The maximum Gasteiger partial charge on any atom is 0.172 e. The van der Waals surface area contributed by atoms with Crippen LogP contribution in [0.25, 0.3) is 0 Å². The number of aryl methyl sites for hydroxylation is 2. The molecule has 98 valence electrons. The molecule has 1 atom stereocenters. The van der Waals surface area contributed by atoms with Crippen LogP contribution in [0.2, 0.25) is 0 Å². The summed E-state index contributed by atoms with van der Waals surface area (Å²) in [5.74, 6) is 1.74. The van der Waals surface area contributed by atoms with E-state index in [-0.39, 0.29) is 5.78 Å². The van der Waals surface area contributed by atoms with Crippen molar-refractivity contribution in [2.24, 2.45) is 0 Å². The summed E-state index contributed by atoms with van der Waals surface area (Å²) in [5.41, 5.74) is 3.09. The van der Waals surface area contributed by atoms with Gasteiger partial charge in [-0.1, -0.05) is 17.7 Å². The van der Waals surface area contributed by atoms with Crippen molar-refractivity contribution < 1.29 is 9.53 Å². The van der Waals surface area contributed by atoms with Crippen LogP contribution in [0.3, 0.4) is 0 Å². The van der Waals surface area contributed by atoms with Gasteiger partial charge in [-0.3, -0.25) is 4.79 Å². The first kappa shape index (κ1) is 13.6. The van der Waals surface area contributed by atoms with Crippen molar-refractivity contribution in [3.05, 3.63) is 34.9 Å². The highest BCUT2D eigenvalue weighted by Gasteiger charge is 2.16. The number of ether oxygens (including phenoxy) is 1. The Morgan fingerprint density at radius 1 is 1.44 bits per heavy atom. The predicted octanol–water partition coefficient (Wildman–Crippen LogP) is 3.40. The zero-order valence-corrected chi connectivity index (χ0v) is 11.9. The van der Waals surface area contributed by atoms with Gasteiger partial charge in [0, 0.05) is 17.9 Å². The van der Waals surface area contributed by atoms with Crippen LogP contribution >= 0.6 is 11.8 Å². The molecule has 1 heterocycles. The van der Waals surface area contributed by atoms with E-state index in [0.29, 0.717) is 11.9 Å². The van der Waals surface area contributed by atoms with Crippen molar-refractivity contribution >= 4 is 17.5 Å². The highest BCUT2D eigenvalue weighted by Crippen LogP contribution is 2.19. The molecule has 1 fully saturated rings. The fourth-order valence-corrected chi connectivity index (χ4v) is 3.16. The Hall–Kier alpha value is -0.800. The second kappa shape index (κ2) is 6.39. The van der Waals surface area contributed by atoms with Gasteiger partial charge in [-0.25, -0.2) is 0 Å². The minimum Gasteiger partial charge on any atom is -0.377 e. The first-order chi connectivity index (χ1) is 8.66. The molecule has 0 radical (unpaired) electrons. The molecular formula is C15H20O2S. The maximum absolute atomic E-state index is 12.1. The molecular weight excluding hydrogens is 244 g/mol. The third-order valence-corrected chi connectivity index (χ3v) is 4.33. The van der Waals surface area contributed by atoms with E-state index in [1.165, 1.54) is 0 Å². The third kappa shape index (κ3) is 3.59. The molecule has 1 aliphatic heterocycles. The normalized spacial score (nSPS) is 19.1. The molecule has 2 nitrogen and oxygen atoms in total. The highest BCUT2D eigenvalue weighted by molar-refractivity contribution is 8.00. The van der Waals surface area contributed by atoms with E-state index >= 15 is 0 Å². The topological polar surface area (TPSA) is 26.3 Å². The summed E-state index contributed by atoms with van der Waals surface area (Å²) in [7, 11) is 0. The first-order valence-electron chi connectivity index (χ1n) is 6.46. The van der Waals surface area contributed by atoms with Gasteiger partial charge in [-0.15, -0.1) is 0 Å². The Morgan fingerprint density at radius 2 is 2.28 bits per heavy atom. The Bertz CT molecular complexity index is 423. The molecule has 0 saturated carbocycles. The zero-order chi connectivity index (χ0) is 13.0. The lowest BCUT2D eigenvalue weighted by Gasteiger charge is -2.09. The Balaban J connectivity index is 1.85. The van der Waals surface area contributed by atoms with Gasteiger partial charge in [0.05, 0.1) is 11.9 Å². The average Bonchev–Trinajstić information content (AvgIpc) is 2.85. The van der Waals surface area contributed by atoms with Crippen molar-refractivity contribution in [2.45, 2.75) is 32.8 Å². The number of thioether (sulfide) groups is 1. The van der Waals surface area contributed by atoms with E-state index in [1.807, 2.05) is 32.0 Å². The van der Waals surface area contributed by atoms with Crippen LogP contribution in [-0.4, -0.2) is 30.0 Å². The molecule has 1 aromatic carbocycles. The summed E-state index contributed by atoms with van der Waals surface area (Å²) < 4.78 is 5.55. The van der Waals surface area contributed by atoms with Crippen LogP contribution in [0, 0.1) is 13.8 Å². The van der Waals surface area contributed by atoms with Crippen LogP contribution in [-0.2, 0) is 4.74 Å². The summed E-state index contributed by atoms with van der Waals surface area (Å²) in [6.07, 6.45) is 2.67. The van der Waals surface area contributed by atoms with E-state index < -0.39 is 0 Å². The molecule has 0 N–H and O–H groups in total. The van der Waals surface area contributed by atoms with Gasteiger partial charge in [0.2, 0.25) is 0 Å². The van der Waals surface area contributed by atoms with E-state index in [9.17, 15) is 4.79 Å².